The predicted octanol–water partition coefficient (Wildman–Crippen LogP) is 4.37. The van der Waals surface area contributed by atoms with Crippen LogP contribution in [0, 0.1) is 0 Å². The van der Waals surface area contributed by atoms with Gasteiger partial charge in [0.05, 0.1) is 0 Å². The van der Waals surface area contributed by atoms with E-state index in [1.807, 2.05) is 0 Å². The van der Waals surface area contributed by atoms with Crippen molar-refractivity contribution < 1.29 is 0 Å². The summed E-state index contributed by atoms with van der Waals surface area (Å²) in [6, 6.07) is 4.17. The van der Waals surface area contributed by atoms with Gasteiger partial charge in [0.15, 0.2) is 0 Å². The van der Waals surface area contributed by atoms with Gasteiger partial charge in [-0.2, -0.15) is 0 Å². The standard InChI is InChI=1S/C11H12BrCl/c12-11-8-4-2-1-3-5-9(11)7-10(13)6-8/h6-7H,1-5H2. The van der Waals surface area contributed by atoms with Crippen LogP contribution in [0.2, 0.25) is 5.02 Å². The summed E-state index contributed by atoms with van der Waals surface area (Å²) in [5.41, 5.74) is 2.75. The molecule has 0 spiro atoms. The van der Waals surface area contributed by atoms with Crippen LogP contribution in [0.25, 0.3) is 0 Å². The van der Waals surface area contributed by atoms with E-state index in [4.69, 9.17) is 11.6 Å². The van der Waals surface area contributed by atoms with E-state index >= 15 is 0 Å². The largest absolute Gasteiger partial charge is 0.0843 e. The van der Waals surface area contributed by atoms with Crippen LogP contribution in [0.5, 0.6) is 0 Å². The Bertz CT molecular complexity index is 293. The first-order valence-electron chi connectivity index (χ1n) is 4.74. The fourth-order valence-corrected chi connectivity index (χ4v) is 2.77. The summed E-state index contributed by atoms with van der Waals surface area (Å²) in [4.78, 5) is 0. The molecule has 0 heterocycles. The number of fused-ring (bicyclic) bond motifs is 2. The van der Waals surface area contributed by atoms with Crippen molar-refractivity contribution >= 4 is 27.5 Å². The van der Waals surface area contributed by atoms with Gasteiger partial charge in [0.1, 0.15) is 0 Å². The average Bonchev–Trinajstić information content (AvgIpc) is 2.11. The van der Waals surface area contributed by atoms with E-state index in [0.29, 0.717) is 0 Å². The van der Waals surface area contributed by atoms with E-state index in [9.17, 15) is 0 Å². The lowest BCUT2D eigenvalue weighted by molar-refractivity contribution is 0.662. The van der Waals surface area contributed by atoms with Gasteiger partial charge < -0.3 is 0 Å². The Kier molecular flexibility index (Phi) is 2.95. The Balaban J connectivity index is 2.48. The molecule has 0 atom stereocenters. The Morgan fingerprint density at radius 1 is 1.00 bits per heavy atom. The first-order chi connectivity index (χ1) is 6.27. The van der Waals surface area contributed by atoms with Crippen molar-refractivity contribution in [2.45, 2.75) is 32.1 Å². The summed E-state index contributed by atoms with van der Waals surface area (Å²) >= 11 is 9.69. The normalized spacial score (nSPS) is 16.5. The first kappa shape index (κ1) is 9.54. The number of hydrogen-bond acceptors (Lipinski definition) is 0. The molecule has 0 nitrogen and oxygen atoms in total. The molecule has 0 unspecified atom stereocenters. The van der Waals surface area contributed by atoms with E-state index in [-0.39, 0.29) is 0 Å². The number of halogens is 2. The molecule has 0 amide bonds. The molecular formula is C11H12BrCl. The van der Waals surface area contributed by atoms with Crippen molar-refractivity contribution in [3.8, 4) is 0 Å². The van der Waals surface area contributed by atoms with Crippen molar-refractivity contribution in [3.63, 3.8) is 0 Å². The Morgan fingerprint density at radius 2 is 1.54 bits per heavy atom. The van der Waals surface area contributed by atoms with Gasteiger partial charge in [0.2, 0.25) is 0 Å². The highest BCUT2D eigenvalue weighted by Gasteiger charge is 2.10. The molecule has 0 radical (unpaired) electrons. The van der Waals surface area contributed by atoms with Gasteiger partial charge in [-0.1, -0.05) is 34.0 Å². The van der Waals surface area contributed by atoms with Gasteiger partial charge in [-0.3, -0.25) is 0 Å². The van der Waals surface area contributed by atoms with E-state index in [0.717, 1.165) is 17.9 Å². The van der Waals surface area contributed by atoms with Gasteiger partial charge in [-0.15, -0.1) is 0 Å². The topological polar surface area (TPSA) is 0 Å². The second kappa shape index (κ2) is 4.02. The zero-order chi connectivity index (χ0) is 9.26. The Labute approximate surface area is 92.4 Å². The fraction of sp³-hybridized carbons (Fsp3) is 0.455. The molecule has 0 fully saturated rings. The fourth-order valence-electron chi connectivity index (χ4n) is 1.88. The number of hydrogen-bond donors (Lipinski definition) is 0. The van der Waals surface area contributed by atoms with Crippen molar-refractivity contribution in [1.29, 1.82) is 0 Å². The van der Waals surface area contributed by atoms with Crippen molar-refractivity contribution in [1.82, 2.24) is 0 Å². The van der Waals surface area contributed by atoms with Crippen LogP contribution in [0.4, 0.5) is 0 Å². The summed E-state index contributed by atoms with van der Waals surface area (Å²) in [6.45, 7) is 0. The van der Waals surface area contributed by atoms with Gasteiger partial charge in [-0.25, -0.2) is 0 Å². The maximum absolute atomic E-state index is 6.04. The van der Waals surface area contributed by atoms with Gasteiger partial charge >= 0.3 is 0 Å². The molecule has 2 heteroatoms. The highest BCUT2D eigenvalue weighted by molar-refractivity contribution is 9.10. The summed E-state index contributed by atoms with van der Waals surface area (Å²) in [7, 11) is 0. The second-order valence-corrected chi connectivity index (χ2v) is 4.83. The average molecular weight is 260 g/mol. The summed E-state index contributed by atoms with van der Waals surface area (Å²) in [5.74, 6) is 0. The molecule has 0 aliphatic heterocycles. The van der Waals surface area contributed by atoms with Gasteiger partial charge in [0, 0.05) is 9.50 Å². The second-order valence-electron chi connectivity index (χ2n) is 3.60. The molecule has 0 aromatic heterocycles. The Hall–Kier alpha value is -0.0100. The number of rotatable bonds is 0. The lowest BCUT2D eigenvalue weighted by Gasteiger charge is -2.14. The highest BCUT2D eigenvalue weighted by atomic mass is 79.9. The SMILES string of the molecule is Clc1cc2c(Br)c(c1)CCCCC2. The number of aryl methyl sites for hydroxylation is 2. The number of benzene rings is 1. The van der Waals surface area contributed by atoms with E-state index in [1.165, 1.54) is 34.9 Å². The van der Waals surface area contributed by atoms with Crippen molar-refractivity contribution in [2.75, 3.05) is 0 Å². The van der Waals surface area contributed by atoms with Crippen molar-refractivity contribution in [3.05, 3.63) is 32.8 Å². The zero-order valence-corrected chi connectivity index (χ0v) is 9.79. The molecule has 1 aromatic rings. The zero-order valence-electron chi connectivity index (χ0n) is 7.45. The maximum Gasteiger partial charge on any atom is 0.0412 e. The molecule has 1 aliphatic rings. The summed E-state index contributed by atoms with van der Waals surface area (Å²) < 4.78 is 1.29. The Morgan fingerprint density at radius 3 is 2.08 bits per heavy atom. The van der Waals surface area contributed by atoms with Crippen LogP contribution in [0.1, 0.15) is 30.4 Å². The molecule has 0 saturated heterocycles. The first-order valence-corrected chi connectivity index (χ1v) is 5.91. The monoisotopic (exact) mass is 258 g/mol. The lowest BCUT2D eigenvalue weighted by atomic mass is 9.97. The molecule has 70 valence electrons. The van der Waals surface area contributed by atoms with E-state index in [1.54, 1.807) is 0 Å². The van der Waals surface area contributed by atoms with Crippen molar-refractivity contribution in [2.24, 2.45) is 0 Å². The van der Waals surface area contributed by atoms with Crippen LogP contribution in [-0.2, 0) is 12.8 Å². The maximum atomic E-state index is 6.04. The minimum absolute atomic E-state index is 0.884. The predicted molar refractivity (Wildman–Crippen MR) is 60.4 cm³/mol. The van der Waals surface area contributed by atoms with Crippen LogP contribution in [0.3, 0.4) is 0 Å². The smallest absolute Gasteiger partial charge is 0.0412 e. The molecule has 0 N–H and O–H groups in total. The third-order valence-corrected chi connectivity index (χ3v) is 3.82. The van der Waals surface area contributed by atoms with Crippen LogP contribution in [0.15, 0.2) is 16.6 Å². The minimum atomic E-state index is 0.884. The molecular weight excluding hydrogens is 247 g/mol. The molecule has 2 rings (SSSR count). The molecule has 1 aliphatic carbocycles. The van der Waals surface area contributed by atoms with E-state index < -0.39 is 0 Å². The van der Waals surface area contributed by atoms with E-state index in [2.05, 4.69) is 28.1 Å². The summed E-state index contributed by atoms with van der Waals surface area (Å²) in [5, 5.41) is 0.884. The van der Waals surface area contributed by atoms with Gasteiger partial charge in [-0.05, 0) is 48.9 Å². The highest BCUT2D eigenvalue weighted by Crippen LogP contribution is 2.30. The van der Waals surface area contributed by atoms with Gasteiger partial charge in [0.25, 0.3) is 0 Å². The van der Waals surface area contributed by atoms with Crippen LogP contribution >= 0.6 is 27.5 Å². The van der Waals surface area contributed by atoms with Crippen LogP contribution in [-0.4, -0.2) is 0 Å². The summed E-state index contributed by atoms with van der Waals surface area (Å²) in [6.07, 6.45) is 6.24. The third-order valence-electron chi connectivity index (χ3n) is 2.58. The molecule has 13 heavy (non-hydrogen) atoms. The third kappa shape index (κ3) is 2.08. The molecule has 2 bridgehead atoms. The van der Waals surface area contributed by atoms with Crippen LogP contribution < -0.4 is 0 Å². The molecule has 1 aromatic carbocycles. The molecule has 0 saturated carbocycles. The quantitative estimate of drug-likeness (QED) is 0.649. The lowest BCUT2D eigenvalue weighted by Crippen LogP contribution is -1.98. The minimum Gasteiger partial charge on any atom is -0.0843 e.